The van der Waals surface area contributed by atoms with Gasteiger partial charge >= 0.3 is 5.97 Å². The first-order chi connectivity index (χ1) is 12.0. The largest absolute Gasteiger partial charge is 0.497 e. The summed E-state index contributed by atoms with van der Waals surface area (Å²) in [5.41, 5.74) is 0.749. The summed E-state index contributed by atoms with van der Waals surface area (Å²) in [5, 5.41) is 0. The van der Waals surface area contributed by atoms with Gasteiger partial charge in [-0.1, -0.05) is 0 Å². The average Bonchev–Trinajstić information content (AvgIpc) is 2.62. The Kier molecular flexibility index (Phi) is 6.58. The number of benzene rings is 2. The van der Waals surface area contributed by atoms with Gasteiger partial charge in [0, 0.05) is 10.0 Å². The van der Waals surface area contributed by atoms with Gasteiger partial charge in [0.1, 0.15) is 11.5 Å². The summed E-state index contributed by atoms with van der Waals surface area (Å²) < 4.78 is 16.3. The number of Topliss-reactive ketones (excluding diaryl/α,β-unsaturated/α-hetero) is 1. The van der Waals surface area contributed by atoms with Crippen LogP contribution in [0, 0.1) is 0 Å². The van der Waals surface area contributed by atoms with Crippen LogP contribution in [0.15, 0.2) is 46.9 Å². The highest BCUT2D eigenvalue weighted by Gasteiger charge is 2.22. The Hall–Kier alpha value is -2.34. The lowest BCUT2D eigenvalue weighted by Gasteiger charge is -2.14. The van der Waals surface area contributed by atoms with E-state index in [1.165, 1.54) is 7.11 Å². The van der Waals surface area contributed by atoms with E-state index in [1.54, 1.807) is 49.4 Å². The van der Waals surface area contributed by atoms with Crippen LogP contribution in [-0.4, -0.2) is 31.6 Å². The monoisotopic (exact) mass is 406 g/mol. The fourth-order valence-corrected chi connectivity index (χ4v) is 2.59. The molecule has 0 unspecified atom stereocenters. The van der Waals surface area contributed by atoms with Crippen LogP contribution in [0.2, 0.25) is 0 Å². The zero-order valence-electron chi connectivity index (χ0n) is 14.2. The lowest BCUT2D eigenvalue weighted by Crippen LogP contribution is -2.24. The summed E-state index contributed by atoms with van der Waals surface area (Å²) in [5.74, 6) is 0.331. The topological polar surface area (TPSA) is 61.8 Å². The van der Waals surface area contributed by atoms with E-state index in [9.17, 15) is 9.59 Å². The van der Waals surface area contributed by atoms with E-state index >= 15 is 0 Å². The van der Waals surface area contributed by atoms with E-state index in [0.717, 1.165) is 0 Å². The van der Waals surface area contributed by atoms with Crippen molar-refractivity contribution in [2.24, 2.45) is 0 Å². The third-order valence-electron chi connectivity index (χ3n) is 3.50. The second-order valence-electron chi connectivity index (χ2n) is 5.21. The van der Waals surface area contributed by atoms with Gasteiger partial charge in [-0.2, -0.15) is 0 Å². The minimum atomic E-state index is -0.913. The first-order valence-corrected chi connectivity index (χ1v) is 8.57. The summed E-state index contributed by atoms with van der Waals surface area (Å²) >= 11 is 3.30. The third-order valence-corrected chi connectivity index (χ3v) is 4.19. The molecule has 25 heavy (non-hydrogen) atoms. The molecule has 0 saturated heterocycles. The standard InChI is InChI=1S/C19H19BrO5/c1-4-24-14-7-5-13(6-8-14)18(21)12(2)25-19(22)16-11-15(23-3)9-10-17(16)20/h5-12H,4H2,1-3H3/t12-/m1/s1. The molecule has 0 amide bonds. The molecule has 2 rings (SSSR count). The number of hydrogen-bond donors (Lipinski definition) is 0. The zero-order valence-corrected chi connectivity index (χ0v) is 15.8. The van der Waals surface area contributed by atoms with Crippen LogP contribution in [0.25, 0.3) is 0 Å². The molecular weight excluding hydrogens is 388 g/mol. The van der Waals surface area contributed by atoms with Gasteiger partial charge in [-0.15, -0.1) is 0 Å². The maximum atomic E-state index is 12.4. The fourth-order valence-electron chi connectivity index (χ4n) is 2.18. The van der Waals surface area contributed by atoms with Crippen molar-refractivity contribution in [3.05, 3.63) is 58.1 Å². The van der Waals surface area contributed by atoms with Gasteiger partial charge in [-0.05, 0) is 72.2 Å². The third kappa shape index (κ3) is 4.82. The molecule has 0 bridgehead atoms. The maximum Gasteiger partial charge on any atom is 0.340 e. The quantitative estimate of drug-likeness (QED) is 0.506. The second kappa shape index (κ2) is 8.67. The van der Waals surface area contributed by atoms with E-state index in [2.05, 4.69) is 15.9 Å². The van der Waals surface area contributed by atoms with Crippen LogP contribution < -0.4 is 9.47 Å². The van der Waals surface area contributed by atoms with E-state index in [-0.39, 0.29) is 5.78 Å². The Labute approximate surface area is 155 Å². The van der Waals surface area contributed by atoms with Crippen molar-refractivity contribution in [2.75, 3.05) is 13.7 Å². The van der Waals surface area contributed by atoms with Crippen molar-refractivity contribution in [1.29, 1.82) is 0 Å². The van der Waals surface area contributed by atoms with Gasteiger partial charge in [0.15, 0.2) is 6.10 Å². The van der Waals surface area contributed by atoms with Gasteiger partial charge in [-0.3, -0.25) is 4.79 Å². The molecule has 0 saturated carbocycles. The average molecular weight is 407 g/mol. The van der Waals surface area contributed by atoms with E-state index < -0.39 is 12.1 Å². The van der Waals surface area contributed by atoms with Crippen molar-refractivity contribution in [2.45, 2.75) is 20.0 Å². The van der Waals surface area contributed by atoms with Crippen LogP contribution in [0.1, 0.15) is 34.6 Å². The molecule has 0 spiro atoms. The molecule has 2 aromatic carbocycles. The molecule has 0 aliphatic heterocycles. The Morgan fingerprint density at radius 3 is 2.32 bits per heavy atom. The van der Waals surface area contributed by atoms with E-state index in [0.29, 0.717) is 33.7 Å². The van der Waals surface area contributed by atoms with Gasteiger partial charge in [0.25, 0.3) is 0 Å². The normalized spacial score (nSPS) is 11.5. The molecule has 132 valence electrons. The highest BCUT2D eigenvalue weighted by molar-refractivity contribution is 9.10. The minimum absolute atomic E-state index is 0.282. The molecule has 0 heterocycles. The predicted molar refractivity (Wildman–Crippen MR) is 97.5 cm³/mol. The number of hydrogen-bond acceptors (Lipinski definition) is 5. The van der Waals surface area contributed by atoms with Crippen molar-refractivity contribution < 1.29 is 23.8 Å². The molecule has 0 aliphatic carbocycles. The maximum absolute atomic E-state index is 12.4. The SMILES string of the molecule is CCOc1ccc(C(=O)[C@@H](C)OC(=O)c2cc(OC)ccc2Br)cc1. The first kappa shape index (κ1) is 19.0. The van der Waals surface area contributed by atoms with E-state index in [1.807, 2.05) is 6.92 Å². The summed E-state index contributed by atoms with van der Waals surface area (Å²) in [7, 11) is 1.51. The van der Waals surface area contributed by atoms with Crippen molar-refractivity contribution in [3.63, 3.8) is 0 Å². The van der Waals surface area contributed by atoms with Crippen LogP contribution in [-0.2, 0) is 4.74 Å². The number of carbonyl (C=O) groups excluding carboxylic acids is 2. The van der Waals surface area contributed by atoms with Gasteiger partial charge in [0.05, 0.1) is 19.3 Å². The number of rotatable bonds is 7. The molecule has 0 N–H and O–H groups in total. The Bertz CT molecular complexity index is 755. The summed E-state index contributed by atoms with van der Waals surface area (Å²) in [6, 6.07) is 11.7. The number of carbonyl (C=O) groups is 2. The highest BCUT2D eigenvalue weighted by atomic mass is 79.9. The molecule has 0 aliphatic rings. The van der Waals surface area contributed by atoms with Crippen LogP contribution in [0.5, 0.6) is 11.5 Å². The van der Waals surface area contributed by atoms with Crippen molar-refractivity contribution in [1.82, 2.24) is 0 Å². The molecule has 0 fully saturated rings. The molecule has 2 aromatic rings. The summed E-state index contributed by atoms with van der Waals surface area (Å²) in [6.45, 7) is 3.98. The number of methoxy groups -OCH3 is 1. The summed E-state index contributed by atoms with van der Waals surface area (Å²) in [4.78, 5) is 24.8. The number of esters is 1. The smallest absolute Gasteiger partial charge is 0.340 e. The number of halogens is 1. The fraction of sp³-hybridized carbons (Fsp3) is 0.263. The Balaban J connectivity index is 2.09. The Morgan fingerprint density at radius 1 is 1.08 bits per heavy atom. The Morgan fingerprint density at radius 2 is 1.72 bits per heavy atom. The summed E-state index contributed by atoms with van der Waals surface area (Å²) in [6.07, 6.45) is -0.913. The lowest BCUT2D eigenvalue weighted by molar-refractivity contribution is 0.0317. The second-order valence-corrected chi connectivity index (χ2v) is 6.07. The van der Waals surface area contributed by atoms with E-state index in [4.69, 9.17) is 14.2 Å². The number of ether oxygens (including phenoxy) is 3. The minimum Gasteiger partial charge on any atom is -0.497 e. The van der Waals surface area contributed by atoms with Crippen LogP contribution >= 0.6 is 15.9 Å². The van der Waals surface area contributed by atoms with Crippen molar-refractivity contribution >= 4 is 27.7 Å². The molecule has 1 atom stereocenters. The first-order valence-electron chi connectivity index (χ1n) is 7.77. The molecule has 0 aromatic heterocycles. The van der Waals surface area contributed by atoms with Gasteiger partial charge < -0.3 is 14.2 Å². The van der Waals surface area contributed by atoms with Crippen LogP contribution in [0.3, 0.4) is 0 Å². The van der Waals surface area contributed by atoms with Gasteiger partial charge in [-0.25, -0.2) is 4.79 Å². The van der Waals surface area contributed by atoms with Crippen LogP contribution in [0.4, 0.5) is 0 Å². The predicted octanol–water partition coefficient (Wildman–Crippen LogP) is 4.28. The number of ketones is 1. The molecule has 5 nitrogen and oxygen atoms in total. The molecular formula is C19H19BrO5. The zero-order chi connectivity index (χ0) is 18.4. The van der Waals surface area contributed by atoms with Crippen molar-refractivity contribution in [3.8, 4) is 11.5 Å². The molecule has 6 heteroatoms. The highest BCUT2D eigenvalue weighted by Crippen LogP contribution is 2.24. The molecule has 0 radical (unpaired) electrons. The van der Waals surface area contributed by atoms with Gasteiger partial charge in [0.2, 0.25) is 5.78 Å². The lowest BCUT2D eigenvalue weighted by atomic mass is 10.1.